The van der Waals surface area contributed by atoms with Gasteiger partial charge in [0, 0.05) is 41.6 Å². The van der Waals surface area contributed by atoms with Crippen molar-refractivity contribution in [2.75, 3.05) is 34.9 Å². The third-order valence-corrected chi connectivity index (χ3v) is 4.17. The Morgan fingerprint density at radius 3 is 2.81 bits per heavy atom. The van der Waals surface area contributed by atoms with Crippen molar-refractivity contribution < 1.29 is 4.21 Å². The van der Waals surface area contributed by atoms with Crippen molar-refractivity contribution in [3.63, 3.8) is 0 Å². The van der Waals surface area contributed by atoms with E-state index >= 15 is 0 Å². The molecule has 0 bridgehead atoms. The minimum Gasteiger partial charge on any atom is -0.354 e. The molecule has 0 atom stereocenters. The fraction of sp³-hybridized carbons (Fsp3) is 0.500. The topological polar surface area (TPSA) is 84.1 Å². The second-order valence-corrected chi connectivity index (χ2v) is 5.90. The SMILES string of the molecule is NNc1ncc(Br)c(N2CCS(=O)CC2)n1. The molecule has 1 fully saturated rings. The highest BCUT2D eigenvalue weighted by Crippen LogP contribution is 2.24. The van der Waals surface area contributed by atoms with Crippen molar-refractivity contribution in [2.24, 2.45) is 5.84 Å². The lowest BCUT2D eigenvalue weighted by atomic mass is 10.4. The summed E-state index contributed by atoms with van der Waals surface area (Å²) >= 11 is 3.40. The largest absolute Gasteiger partial charge is 0.354 e. The van der Waals surface area contributed by atoms with Crippen LogP contribution in [0.5, 0.6) is 0 Å². The Morgan fingerprint density at radius 2 is 2.19 bits per heavy atom. The molecule has 8 heteroatoms. The minimum atomic E-state index is -0.689. The summed E-state index contributed by atoms with van der Waals surface area (Å²) in [4.78, 5) is 10.3. The molecule has 2 rings (SSSR count). The summed E-state index contributed by atoms with van der Waals surface area (Å²) in [5.41, 5.74) is 2.41. The third kappa shape index (κ3) is 2.50. The quantitative estimate of drug-likeness (QED) is 0.595. The lowest BCUT2D eigenvalue weighted by Crippen LogP contribution is -2.38. The first-order valence-corrected chi connectivity index (χ1v) is 7.08. The number of rotatable bonds is 2. The zero-order valence-corrected chi connectivity index (χ0v) is 10.9. The van der Waals surface area contributed by atoms with E-state index in [1.54, 1.807) is 6.20 Å². The molecule has 0 amide bonds. The number of hydrogen-bond donors (Lipinski definition) is 2. The molecular weight excluding hydrogens is 294 g/mol. The molecule has 2 heterocycles. The number of nitrogen functional groups attached to an aromatic ring is 1. The highest BCUT2D eigenvalue weighted by Gasteiger charge is 2.19. The number of nitrogens with zero attached hydrogens (tertiary/aromatic N) is 3. The van der Waals surface area contributed by atoms with Gasteiger partial charge < -0.3 is 4.90 Å². The van der Waals surface area contributed by atoms with Gasteiger partial charge in [0.2, 0.25) is 5.95 Å². The first-order valence-electron chi connectivity index (χ1n) is 4.80. The summed E-state index contributed by atoms with van der Waals surface area (Å²) < 4.78 is 12.1. The lowest BCUT2D eigenvalue weighted by Gasteiger charge is -2.28. The molecule has 1 aliphatic rings. The second-order valence-electron chi connectivity index (χ2n) is 3.34. The zero-order valence-electron chi connectivity index (χ0n) is 8.52. The van der Waals surface area contributed by atoms with Gasteiger partial charge in [-0.05, 0) is 15.9 Å². The van der Waals surface area contributed by atoms with Crippen LogP contribution in [0.3, 0.4) is 0 Å². The van der Waals surface area contributed by atoms with E-state index in [1.165, 1.54) is 0 Å². The molecule has 1 aromatic heterocycles. The molecule has 1 aromatic rings. The number of hydrogen-bond acceptors (Lipinski definition) is 6. The van der Waals surface area contributed by atoms with E-state index in [9.17, 15) is 4.21 Å². The van der Waals surface area contributed by atoms with Gasteiger partial charge in [-0.25, -0.2) is 10.8 Å². The van der Waals surface area contributed by atoms with E-state index in [0.717, 1.165) is 23.4 Å². The van der Waals surface area contributed by atoms with Gasteiger partial charge >= 0.3 is 0 Å². The maximum Gasteiger partial charge on any atom is 0.239 e. The average molecular weight is 306 g/mol. The van der Waals surface area contributed by atoms with Gasteiger partial charge in [-0.1, -0.05) is 0 Å². The van der Waals surface area contributed by atoms with Crippen LogP contribution in [0.4, 0.5) is 11.8 Å². The molecule has 0 spiro atoms. The third-order valence-electron chi connectivity index (χ3n) is 2.33. The zero-order chi connectivity index (χ0) is 11.5. The molecule has 1 saturated heterocycles. The van der Waals surface area contributed by atoms with Crippen molar-refractivity contribution in [1.29, 1.82) is 0 Å². The molecule has 0 aromatic carbocycles. The van der Waals surface area contributed by atoms with Crippen molar-refractivity contribution in [2.45, 2.75) is 0 Å². The summed E-state index contributed by atoms with van der Waals surface area (Å²) in [6, 6.07) is 0. The highest BCUT2D eigenvalue weighted by atomic mass is 79.9. The van der Waals surface area contributed by atoms with E-state index in [0.29, 0.717) is 17.5 Å². The van der Waals surface area contributed by atoms with Crippen LogP contribution in [0.25, 0.3) is 0 Å². The van der Waals surface area contributed by atoms with Gasteiger partial charge in [0.1, 0.15) is 5.82 Å². The van der Waals surface area contributed by atoms with Crippen LogP contribution < -0.4 is 16.2 Å². The molecule has 6 nitrogen and oxygen atoms in total. The predicted molar refractivity (Wildman–Crippen MR) is 67.6 cm³/mol. The van der Waals surface area contributed by atoms with Crippen LogP contribution in [0.1, 0.15) is 0 Å². The van der Waals surface area contributed by atoms with Crippen LogP contribution in [-0.2, 0) is 10.8 Å². The summed E-state index contributed by atoms with van der Waals surface area (Å²) in [6.45, 7) is 1.48. The first kappa shape index (κ1) is 11.7. The van der Waals surface area contributed by atoms with E-state index in [-0.39, 0.29) is 0 Å². The van der Waals surface area contributed by atoms with Crippen LogP contribution in [0.15, 0.2) is 10.7 Å². The standard InChI is InChI=1S/C8H12BrN5OS/c9-6-5-11-8(13-10)12-7(6)14-1-3-16(15)4-2-14/h5H,1-4,10H2,(H,11,12,13). The summed E-state index contributed by atoms with van der Waals surface area (Å²) in [7, 11) is -0.689. The lowest BCUT2D eigenvalue weighted by molar-refractivity contribution is 0.672. The van der Waals surface area contributed by atoms with E-state index in [4.69, 9.17) is 5.84 Å². The average Bonchev–Trinajstić information content (AvgIpc) is 2.31. The van der Waals surface area contributed by atoms with Crippen LogP contribution in [-0.4, -0.2) is 38.8 Å². The Labute approximate surface area is 104 Å². The Bertz CT molecular complexity index is 405. The molecule has 3 N–H and O–H groups in total. The van der Waals surface area contributed by atoms with Crippen LogP contribution in [0.2, 0.25) is 0 Å². The molecule has 88 valence electrons. The number of nitrogens with one attached hydrogen (secondary N) is 1. The highest BCUT2D eigenvalue weighted by molar-refractivity contribution is 9.10. The van der Waals surface area contributed by atoms with E-state index in [1.807, 2.05) is 0 Å². The molecule has 0 saturated carbocycles. The summed E-state index contributed by atoms with van der Waals surface area (Å²) in [6.07, 6.45) is 1.66. The van der Waals surface area contributed by atoms with E-state index in [2.05, 4.69) is 36.2 Å². The summed E-state index contributed by atoms with van der Waals surface area (Å²) in [5, 5.41) is 0. The number of anilines is 2. The maximum absolute atomic E-state index is 11.3. The fourth-order valence-electron chi connectivity index (χ4n) is 1.50. The van der Waals surface area contributed by atoms with Gasteiger partial charge in [-0.2, -0.15) is 4.98 Å². The monoisotopic (exact) mass is 305 g/mol. The van der Waals surface area contributed by atoms with Gasteiger partial charge in [0.05, 0.1) is 4.47 Å². The molecule has 16 heavy (non-hydrogen) atoms. The normalized spacial score (nSPS) is 17.5. The Hall–Kier alpha value is -0.730. The maximum atomic E-state index is 11.3. The minimum absolute atomic E-state index is 0.380. The van der Waals surface area contributed by atoms with Gasteiger partial charge in [-0.15, -0.1) is 0 Å². The second kappa shape index (κ2) is 5.07. The molecular formula is C8H12BrN5OS. The Kier molecular flexibility index (Phi) is 3.72. The van der Waals surface area contributed by atoms with Crippen molar-refractivity contribution in [3.8, 4) is 0 Å². The van der Waals surface area contributed by atoms with Gasteiger partial charge in [0.25, 0.3) is 0 Å². The smallest absolute Gasteiger partial charge is 0.239 e. The Balaban J connectivity index is 2.22. The van der Waals surface area contributed by atoms with Gasteiger partial charge in [-0.3, -0.25) is 9.63 Å². The number of hydrazine groups is 1. The predicted octanol–water partition coefficient (Wildman–Crippen LogP) is 0.0934. The molecule has 0 unspecified atom stereocenters. The molecule has 0 radical (unpaired) electrons. The van der Waals surface area contributed by atoms with Gasteiger partial charge in [0.15, 0.2) is 0 Å². The Morgan fingerprint density at radius 1 is 1.50 bits per heavy atom. The van der Waals surface area contributed by atoms with Crippen LogP contribution >= 0.6 is 15.9 Å². The van der Waals surface area contributed by atoms with Crippen LogP contribution in [0, 0.1) is 0 Å². The number of aromatic nitrogens is 2. The fourth-order valence-corrected chi connectivity index (χ4v) is 2.99. The number of halogens is 1. The molecule has 1 aliphatic heterocycles. The van der Waals surface area contributed by atoms with Crippen molar-refractivity contribution >= 4 is 38.5 Å². The van der Waals surface area contributed by atoms with E-state index < -0.39 is 10.8 Å². The van der Waals surface area contributed by atoms with Crippen molar-refractivity contribution in [1.82, 2.24) is 9.97 Å². The molecule has 0 aliphatic carbocycles. The van der Waals surface area contributed by atoms with Crippen molar-refractivity contribution in [3.05, 3.63) is 10.7 Å². The summed E-state index contributed by atoms with van der Waals surface area (Å²) in [5.74, 6) is 7.80. The first-order chi connectivity index (χ1) is 7.70. The number of nitrogens with two attached hydrogens (primary N) is 1.